The van der Waals surface area contributed by atoms with E-state index < -0.39 is 35.1 Å². The lowest BCUT2D eigenvalue weighted by molar-refractivity contribution is 0.128. The largest absolute Gasteiger partial charge is 0.467 e. The molecular weight excluding hydrogens is 305 g/mol. The molecule has 0 saturated carbocycles. The van der Waals surface area contributed by atoms with Crippen LogP contribution in [0.2, 0.25) is 0 Å². The summed E-state index contributed by atoms with van der Waals surface area (Å²) in [7, 11) is 0. The first-order valence-corrected chi connectivity index (χ1v) is 7.51. The van der Waals surface area contributed by atoms with Gasteiger partial charge in [0.25, 0.3) is 11.8 Å². The summed E-state index contributed by atoms with van der Waals surface area (Å²) >= 11 is 0. The molecule has 1 aromatic carbocycles. The summed E-state index contributed by atoms with van der Waals surface area (Å²) in [4.78, 5) is 3.31. The van der Waals surface area contributed by atoms with Crippen LogP contribution >= 0.6 is 0 Å². The van der Waals surface area contributed by atoms with E-state index in [4.69, 9.17) is 4.74 Å². The third kappa shape index (κ3) is 3.17. The summed E-state index contributed by atoms with van der Waals surface area (Å²) < 4.78 is 46.8. The number of halogens is 3. The summed E-state index contributed by atoms with van der Waals surface area (Å²) in [6.07, 6.45) is 0.376. The molecule has 2 unspecified atom stereocenters. The molecule has 0 spiro atoms. The molecule has 3 rings (SSSR count). The first-order valence-electron chi connectivity index (χ1n) is 7.51. The SMILES string of the molecule is Cc1c(F)c(F)nc(OC(c2ccccc2)C2CCNC2)c1F. The Balaban J connectivity index is 1.96. The van der Waals surface area contributed by atoms with Crippen LogP contribution in [0.5, 0.6) is 5.88 Å². The highest BCUT2D eigenvalue weighted by atomic mass is 19.2. The Morgan fingerprint density at radius 1 is 1.17 bits per heavy atom. The van der Waals surface area contributed by atoms with E-state index in [2.05, 4.69) is 10.3 Å². The molecule has 0 radical (unpaired) electrons. The molecule has 1 aromatic heterocycles. The maximum Gasteiger partial charge on any atom is 0.254 e. The topological polar surface area (TPSA) is 34.1 Å². The molecule has 122 valence electrons. The average molecular weight is 322 g/mol. The van der Waals surface area contributed by atoms with Crippen LogP contribution < -0.4 is 10.1 Å². The van der Waals surface area contributed by atoms with Crippen LogP contribution in [-0.4, -0.2) is 18.1 Å². The van der Waals surface area contributed by atoms with Crippen LogP contribution in [0.4, 0.5) is 13.2 Å². The fourth-order valence-corrected chi connectivity index (χ4v) is 2.81. The lowest BCUT2D eigenvalue weighted by Crippen LogP contribution is -2.22. The van der Waals surface area contributed by atoms with E-state index in [0.717, 1.165) is 25.5 Å². The zero-order chi connectivity index (χ0) is 16.4. The number of benzene rings is 1. The predicted octanol–water partition coefficient (Wildman–Crippen LogP) is 3.54. The Morgan fingerprint density at radius 2 is 1.91 bits per heavy atom. The summed E-state index contributed by atoms with van der Waals surface area (Å²) in [6.45, 7) is 2.71. The van der Waals surface area contributed by atoms with Gasteiger partial charge in [0.05, 0.1) is 0 Å². The van der Waals surface area contributed by atoms with Crippen molar-refractivity contribution in [1.82, 2.24) is 10.3 Å². The zero-order valence-electron chi connectivity index (χ0n) is 12.7. The second-order valence-corrected chi connectivity index (χ2v) is 5.66. The Morgan fingerprint density at radius 3 is 2.57 bits per heavy atom. The predicted molar refractivity (Wildman–Crippen MR) is 79.6 cm³/mol. The van der Waals surface area contributed by atoms with Gasteiger partial charge < -0.3 is 10.1 Å². The molecule has 1 fully saturated rings. The number of nitrogens with one attached hydrogen (secondary N) is 1. The second kappa shape index (κ2) is 6.58. The Hall–Kier alpha value is -2.08. The van der Waals surface area contributed by atoms with Crippen LogP contribution in [0.25, 0.3) is 0 Å². The highest BCUT2D eigenvalue weighted by Crippen LogP contribution is 2.33. The fraction of sp³-hybridized carbons (Fsp3) is 0.353. The van der Waals surface area contributed by atoms with Gasteiger partial charge in [-0.25, -0.2) is 8.78 Å². The van der Waals surface area contributed by atoms with Crippen molar-refractivity contribution in [2.24, 2.45) is 5.92 Å². The Bertz CT molecular complexity index is 688. The molecule has 0 amide bonds. The highest BCUT2D eigenvalue weighted by molar-refractivity contribution is 5.27. The number of nitrogens with zero attached hydrogens (tertiary/aromatic N) is 1. The number of rotatable bonds is 4. The minimum absolute atomic E-state index is 0.104. The summed E-state index contributed by atoms with van der Waals surface area (Å²) in [5.74, 6) is -3.99. The van der Waals surface area contributed by atoms with Crippen LogP contribution in [-0.2, 0) is 0 Å². The van der Waals surface area contributed by atoms with E-state index in [1.54, 1.807) is 0 Å². The standard InChI is InChI=1S/C17H17F3N2O/c1-10-13(18)16(20)22-17(14(10)19)23-15(12-7-8-21-9-12)11-5-3-2-4-6-11/h2-6,12,15,21H,7-9H2,1H3. The number of hydrogen-bond acceptors (Lipinski definition) is 3. The lowest BCUT2D eigenvalue weighted by Gasteiger charge is -2.24. The summed E-state index contributed by atoms with van der Waals surface area (Å²) in [5, 5.41) is 3.23. The van der Waals surface area contributed by atoms with Gasteiger partial charge in [-0.1, -0.05) is 30.3 Å². The number of ether oxygens (including phenoxy) is 1. The number of aromatic nitrogens is 1. The summed E-state index contributed by atoms with van der Waals surface area (Å²) in [5.41, 5.74) is 0.425. The van der Waals surface area contributed by atoms with E-state index in [-0.39, 0.29) is 5.92 Å². The second-order valence-electron chi connectivity index (χ2n) is 5.66. The Labute approximate surface area is 132 Å². The molecule has 1 aliphatic rings. The first kappa shape index (κ1) is 15.8. The van der Waals surface area contributed by atoms with Crippen LogP contribution in [0, 0.1) is 30.4 Å². The molecule has 1 N–H and O–H groups in total. The minimum atomic E-state index is -1.35. The van der Waals surface area contributed by atoms with Gasteiger partial charge in [0.1, 0.15) is 6.10 Å². The molecule has 2 aromatic rings. The smallest absolute Gasteiger partial charge is 0.254 e. The molecule has 6 heteroatoms. The highest BCUT2D eigenvalue weighted by Gasteiger charge is 2.30. The van der Waals surface area contributed by atoms with Crippen LogP contribution in [0.1, 0.15) is 23.7 Å². The van der Waals surface area contributed by atoms with Crippen molar-refractivity contribution in [2.75, 3.05) is 13.1 Å². The molecule has 2 atom stereocenters. The molecule has 0 aliphatic carbocycles. The van der Waals surface area contributed by atoms with E-state index in [9.17, 15) is 13.2 Å². The third-order valence-electron chi connectivity index (χ3n) is 4.12. The van der Waals surface area contributed by atoms with Crippen LogP contribution in [0.3, 0.4) is 0 Å². The van der Waals surface area contributed by atoms with Crippen molar-refractivity contribution >= 4 is 0 Å². The van der Waals surface area contributed by atoms with Crippen molar-refractivity contribution in [2.45, 2.75) is 19.4 Å². The van der Waals surface area contributed by atoms with E-state index in [1.165, 1.54) is 0 Å². The fourth-order valence-electron chi connectivity index (χ4n) is 2.81. The quantitative estimate of drug-likeness (QED) is 0.874. The van der Waals surface area contributed by atoms with Crippen molar-refractivity contribution in [3.8, 4) is 5.88 Å². The van der Waals surface area contributed by atoms with Gasteiger partial charge >= 0.3 is 0 Å². The molecule has 1 saturated heterocycles. The van der Waals surface area contributed by atoms with Gasteiger partial charge in [0.15, 0.2) is 11.6 Å². The number of hydrogen-bond donors (Lipinski definition) is 1. The van der Waals surface area contributed by atoms with Gasteiger partial charge in [0, 0.05) is 18.0 Å². The van der Waals surface area contributed by atoms with Crippen LogP contribution in [0.15, 0.2) is 30.3 Å². The molecule has 1 aliphatic heterocycles. The molecule has 3 nitrogen and oxygen atoms in total. The van der Waals surface area contributed by atoms with E-state index in [0.29, 0.717) is 6.54 Å². The first-order chi connectivity index (χ1) is 11.1. The monoisotopic (exact) mass is 322 g/mol. The van der Waals surface area contributed by atoms with Gasteiger partial charge in [-0.15, -0.1) is 0 Å². The van der Waals surface area contributed by atoms with Gasteiger partial charge in [-0.3, -0.25) is 0 Å². The van der Waals surface area contributed by atoms with Gasteiger partial charge in [0.2, 0.25) is 0 Å². The van der Waals surface area contributed by atoms with E-state index in [1.807, 2.05) is 30.3 Å². The normalized spacial score (nSPS) is 18.9. The molecule has 0 bridgehead atoms. The lowest BCUT2D eigenvalue weighted by atomic mass is 9.95. The van der Waals surface area contributed by atoms with E-state index >= 15 is 0 Å². The van der Waals surface area contributed by atoms with Gasteiger partial charge in [-0.2, -0.15) is 9.37 Å². The van der Waals surface area contributed by atoms with Crippen molar-refractivity contribution in [1.29, 1.82) is 0 Å². The summed E-state index contributed by atoms with van der Waals surface area (Å²) in [6, 6.07) is 9.32. The maximum absolute atomic E-state index is 14.2. The number of pyridine rings is 1. The molecule has 23 heavy (non-hydrogen) atoms. The third-order valence-corrected chi connectivity index (χ3v) is 4.12. The Kier molecular flexibility index (Phi) is 4.52. The van der Waals surface area contributed by atoms with Crippen molar-refractivity contribution in [3.05, 3.63) is 59.0 Å². The van der Waals surface area contributed by atoms with Crippen molar-refractivity contribution in [3.63, 3.8) is 0 Å². The minimum Gasteiger partial charge on any atom is -0.467 e. The molecule has 2 heterocycles. The zero-order valence-corrected chi connectivity index (χ0v) is 12.7. The van der Waals surface area contributed by atoms with Gasteiger partial charge in [-0.05, 0) is 25.5 Å². The average Bonchev–Trinajstić information content (AvgIpc) is 3.10. The molecular formula is C17H17F3N2O. The van der Waals surface area contributed by atoms with Crippen molar-refractivity contribution < 1.29 is 17.9 Å². The maximum atomic E-state index is 14.2.